The van der Waals surface area contributed by atoms with Gasteiger partial charge in [-0.05, 0) is 36.8 Å². The van der Waals surface area contributed by atoms with E-state index < -0.39 is 5.92 Å². The van der Waals surface area contributed by atoms with Gasteiger partial charge in [0.05, 0.1) is 16.8 Å². The van der Waals surface area contributed by atoms with Gasteiger partial charge in [0, 0.05) is 10.9 Å². The summed E-state index contributed by atoms with van der Waals surface area (Å²) < 4.78 is 1.27. The second-order valence-electron chi connectivity index (χ2n) is 6.53. The Morgan fingerprint density at radius 2 is 1.73 bits per heavy atom. The molecule has 1 atom stereocenters. The molecule has 1 aromatic heterocycles. The van der Waals surface area contributed by atoms with Crippen LogP contribution in [0.5, 0.6) is 0 Å². The van der Waals surface area contributed by atoms with Crippen molar-refractivity contribution < 1.29 is 4.79 Å². The van der Waals surface area contributed by atoms with Crippen LogP contribution in [0.25, 0.3) is 10.9 Å². The van der Waals surface area contributed by atoms with Gasteiger partial charge in [0.15, 0.2) is 0 Å². The van der Waals surface area contributed by atoms with E-state index in [2.05, 4.69) is 10.4 Å². The third-order valence-corrected chi connectivity index (χ3v) is 4.56. The minimum absolute atomic E-state index is 0.0292. The Hall–Kier alpha value is -2.66. The van der Waals surface area contributed by atoms with E-state index in [9.17, 15) is 9.59 Å². The zero-order valence-corrected chi connectivity index (χ0v) is 15.6. The summed E-state index contributed by atoms with van der Waals surface area (Å²) in [5, 5.41) is 1.08. The molecule has 0 aliphatic rings. The summed E-state index contributed by atoms with van der Waals surface area (Å²) in [6.07, 6.45) is 0. The van der Waals surface area contributed by atoms with Crippen LogP contribution in [-0.2, 0) is 4.79 Å². The minimum atomic E-state index is -0.439. The number of hydrogen-bond donors (Lipinski definition) is 1. The molecule has 0 spiro atoms. The number of para-hydroxylation sites is 1. The van der Waals surface area contributed by atoms with Crippen LogP contribution in [-0.4, -0.2) is 15.6 Å². The van der Waals surface area contributed by atoms with Crippen molar-refractivity contribution in [1.82, 2.24) is 9.66 Å². The van der Waals surface area contributed by atoms with Gasteiger partial charge in [0.25, 0.3) is 5.56 Å². The highest BCUT2D eigenvalue weighted by molar-refractivity contribution is 6.30. The van der Waals surface area contributed by atoms with E-state index >= 15 is 0 Å². The molecule has 1 heterocycles. The summed E-state index contributed by atoms with van der Waals surface area (Å²) in [4.78, 5) is 30.2. The molecule has 0 fully saturated rings. The van der Waals surface area contributed by atoms with Crippen molar-refractivity contribution in [2.75, 3.05) is 5.43 Å². The molecule has 0 aliphatic carbocycles. The predicted octanol–water partition coefficient (Wildman–Crippen LogP) is 4.05. The molecule has 2 aromatic carbocycles. The Bertz CT molecular complexity index is 1010. The van der Waals surface area contributed by atoms with E-state index in [1.54, 1.807) is 49.4 Å². The second kappa shape index (κ2) is 7.30. The molecule has 26 heavy (non-hydrogen) atoms. The quantitative estimate of drug-likeness (QED) is 0.754. The van der Waals surface area contributed by atoms with Crippen molar-refractivity contribution >= 4 is 28.4 Å². The number of nitrogens with one attached hydrogen (secondary N) is 1. The van der Waals surface area contributed by atoms with Gasteiger partial charge in [-0.2, -0.15) is 0 Å². The molecular formula is C20H20ClN3O2. The highest BCUT2D eigenvalue weighted by Crippen LogP contribution is 2.19. The highest BCUT2D eigenvalue weighted by Gasteiger charge is 2.20. The van der Waals surface area contributed by atoms with Gasteiger partial charge in [-0.15, -0.1) is 0 Å². The van der Waals surface area contributed by atoms with Crippen LogP contribution in [0.1, 0.15) is 44.0 Å². The standard InChI is InChI=1S/C20H20ClN3O2/c1-12(2)18-22-17-7-5-4-6-16(17)20(26)24(18)23-19(25)13(3)14-8-10-15(21)11-9-14/h4-13H,1-3H3,(H,23,25)/t13-/m1/s1. The SMILES string of the molecule is CC(C)c1nc2ccccc2c(=O)n1NC(=O)[C@H](C)c1ccc(Cl)cc1. The zero-order chi connectivity index (χ0) is 18.8. The molecule has 6 heteroatoms. The first-order chi connectivity index (χ1) is 12.4. The van der Waals surface area contributed by atoms with Crippen molar-refractivity contribution in [3.05, 3.63) is 75.3 Å². The maximum absolute atomic E-state index is 12.9. The number of nitrogens with zero attached hydrogens (tertiary/aromatic N) is 2. The van der Waals surface area contributed by atoms with Crippen LogP contribution in [0, 0.1) is 0 Å². The van der Waals surface area contributed by atoms with Crippen molar-refractivity contribution in [2.24, 2.45) is 0 Å². The molecule has 5 nitrogen and oxygen atoms in total. The van der Waals surface area contributed by atoms with Crippen molar-refractivity contribution in [3.63, 3.8) is 0 Å². The van der Waals surface area contributed by atoms with E-state index in [1.165, 1.54) is 4.68 Å². The Morgan fingerprint density at radius 1 is 1.08 bits per heavy atom. The molecular weight excluding hydrogens is 350 g/mol. The van der Waals surface area contributed by atoms with E-state index in [4.69, 9.17) is 11.6 Å². The fraction of sp³-hybridized carbons (Fsp3) is 0.250. The lowest BCUT2D eigenvalue weighted by molar-refractivity contribution is -0.118. The van der Waals surface area contributed by atoms with Gasteiger partial charge in [0.2, 0.25) is 5.91 Å². The minimum Gasteiger partial charge on any atom is -0.273 e. The van der Waals surface area contributed by atoms with Gasteiger partial charge < -0.3 is 0 Å². The monoisotopic (exact) mass is 369 g/mol. The smallest absolute Gasteiger partial charge is 0.273 e. The maximum atomic E-state index is 12.9. The first-order valence-electron chi connectivity index (χ1n) is 8.46. The number of fused-ring (bicyclic) bond motifs is 1. The Labute approximate surface area is 156 Å². The van der Waals surface area contributed by atoms with E-state index in [1.807, 2.05) is 19.9 Å². The Kier molecular flexibility index (Phi) is 5.09. The molecule has 0 radical (unpaired) electrons. The lowest BCUT2D eigenvalue weighted by atomic mass is 10.0. The fourth-order valence-corrected chi connectivity index (χ4v) is 2.88. The molecule has 0 saturated carbocycles. The molecule has 0 aliphatic heterocycles. The molecule has 0 bridgehead atoms. The Morgan fingerprint density at radius 3 is 2.38 bits per heavy atom. The number of rotatable bonds is 4. The summed E-state index contributed by atoms with van der Waals surface area (Å²) >= 11 is 5.90. The van der Waals surface area contributed by atoms with Gasteiger partial charge in [-0.25, -0.2) is 9.66 Å². The Balaban J connectivity index is 2.00. The van der Waals surface area contributed by atoms with Crippen LogP contribution in [0.2, 0.25) is 5.02 Å². The lowest BCUT2D eigenvalue weighted by Gasteiger charge is -2.19. The van der Waals surface area contributed by atoms with Crippen LogP contribution >= 0.6 is 11.6 Å². The third kappa shape index (κ3) is 3.48. The van der Waals surface area contributed by atoms with Crippen LogP contribution < -0.4 is 11.0 Å². The van der Waals surface area contributed by atoms with E-state index in [0.717, 1.165) is 5.56 Å². The van der Waals surface area contributed by atoms with Gasteiger partial charge in [-0.1, -0.05) is 49.7 Å². The third-order valence-electron chi connectivity index (χ3n) is 4.30. The van der Waals surface area contributed by atoms with Crippen LogP contribution in [0.4, 0.5) is 0 Å². The highest BCUT2D eigenvalue weighted by atomic mass is 35.5. The van der Waals surface area contributed by atoms with Crippen LogP contribution in [0.3, 0.4) is 0 Å². The number of hydrogen-bond acceptors (Lipinski definition) is 3. The second-order valence-corrected chi connectivity index (χ2v) is 6.97. The van der Waals surface area contributed by atoms with E-state index in [0.29, 0.717) is 21.7 Å². The molecule has 134 valence electrons. The molecule has 1 N–H and O–H groups in total. The summed E-state index contributed by atoms with van der Waals surface area (Å²) in [5.41, 5.74) is 3.90. The van der Waals surface area contributed by atoms with Gasteiger partial charge >= 0.3 is 0 Å². The average molecular weight is 370 g/mol. The number of halogens is 1. The number of carbonyl (C=O) groups excluding carboxylic acids is 1. The summed E-state index contributed by atoms with van der Waals surface area (Å²) in [5.74, 6) is -0.233. The topological polar surface area (TPSA) is 64.0 Å². The van der Waals surface area contributed by atoms with Crippen molar-refractivity contribution in [3.8, 4) is 0 Å². The summed E-state index contributed by atoms with van der Waals surface area (Å²) in [6.45, 7) is 5.65. The number of amides is 1. The molecule has 1 amide bonds. The first kappa shape index (κ1) is 18.1. The molecule has 0 unspecified atom stereocenters. The average Bonchev–Trinajstić information content (AvgIpc) is 2.63. The van der Waals surface area contributed by atoms with Gasteiger partial charge in [-0.3, -0.25) is 15.0 Å². The van der Waals surface area contributed by atoms with E-state index in [-0.39, 0.29) is 17.4 Å². The van der Waals surface area contributed by atoms with Crippen LogP contribution in [0.15, 0.2) is 53.3 Å². The maximum Gasteiger partial charge on any atom is 0.280 e. The molecule has 3 aromatic rings. The van der Waals surface area contributed by atoms with Crippen molar-refractivity contribution in [1.29, 1.82) is 0 Å². The fourth-order valence-electron chi connectivity index (χ4n) is 2.76. The summed E-state index contributed by atoms with van der Waals surface area (Å²) in [7, 11) is 0. The number of aromatic nitrogens is 2. The predicted molar refractivity (Wildman–Crippen MR) is 104 cm³/mol. The summed E-state index contributed by atoms with van der Waals surface area (Å²) in [6, 6.07) is 14.2. The largest absolute Gasteiger partial charge is 0.280 e. The first-order valence-corrected chi connectivity index (χ1v) is 8.84. The lowest BCUT2D eigenvalue weighted by Crippen LogP contribution is -2.38. The van der Waals surface area contributed by atoms with Crippen molar-refractivity contribution in [2.45, 2.75) is 32.6 Å². The zero-order valence-electron chi connectivity index (χ0n) is 14.9. The normalized spacial score (nSPS) is 12.3. The number of carbonyl (C=O) groups is 1. The number of benzene rings is 2. The van der Waals surface area contributed by atoms with Gasteiger partial charge in [0.1, 0.15) is 5.82 Å². The molecule has 0 saturated heterocycles. The molecule has 3 rings (SSSR count).